The van der Waals surface area contributed by atoms with Crippen molar-refractivity contribution >= 4 is 11.8 Å². The summed E-state index contributed by atoms with van der Waals surface area (Å²) >= 11 is 0. The van der Waals surface area contributed by atoms with Gasteiger partial charge in [0.2, 0.25) is 0 Å². The summed E-state index contributed by atoms with van der Waals surface area (Å²) in [5.74, 6) is 0.672. The number of hydrogen-bond donors (Lipinski definition) is 0. The van der Waals surface area contributed by atoms with Crippen molar-refractivity contribution in [2.75, 3.05) is 0 Å². The Bertz CT molecular complexity index is 534. The van der Waals surface area contributed by atoms with Gasteiger partial charge in [0.15, 0.2) is 0 Å². The molecule has 3 saturated carbocycles. The Morgan fingerprint density at radius 2 is 1.52 bits per heavy atom. The van der Waals surface area contributed by atoms with E-state index in [9.17, 15) is 9.59 Å². The molecule has 138 valence electrons. The summed E-state index contributed by atoms with van der Waals surface area (Å²) < 4.78 is 6.38. The molecule has 4 rings (SSSR count). The number of carbonyl (C=O) groups is 2. The molecule has 0 radical (unpaired) electrons. The lowest BCUT2D eigenvalue weighted by atomic mass is 9.67. The summed E-state index contributed by atoms with van der Waals surface area (Å²) in [6.45, 7) is 2.22. The predicted molar refractivity (Wildman–Crippen MR) is 96.9 cm³/mol. The minimum Gasteiger partial charge on any atom is -0.459 e. The van der Waals surface area contributed by atoms with Gasteiger partial charge in [-0.05, 0) is 50.9 Å². The maximum Gasteiger partial charge on any atom is 0.310 e. The Hall–Kier alpha value is -1.12. The average molecular weight is 344 g/mol. The highest BCUT2D eigenvalue weighted by Crippen LogP contribution is 2.47. The van der Waals surface area contributed by atoms with Gasteiger partial charge in [0, 0.05) is 11.8 Å². The number of rotatable bonds is 4. The average Bonchev–Trinajstić information content (AvgIpc) is 3.18. The number of hydrogen-bond acceptors (Lipinski definition) is 3. The van der Waals surface area contributed by atoms with Gasteiger partial charge in [-0.3, -0.25) is 9.59 Å². The second kappa shape index (κ2) is 6.89. The van der Waals surface area contributed by atoms with E-state index in [0.29, 0.717) is 18.3 Å². The van der Waals surface area contributed by atoms with E-state index in [2.05, 4.69) is 6.92 Å². The second-order valence-corrected chi connectivity index (χ2v) is 9.04. The number of fused-ring (bicyclic) bond motifs is 2. The van der Waals surface area contributed by atoms with Crippen LogP contribution in [0.2, 0.25) is 0 Å². The van der Waals surface area contributed by atoms with Crippen LogP contribution in [0, 0.1) is 29.6 Å². The van der Waals surface area contributed by atoms with E-state index in [1.807, 2.05) is 12.2 Å². The van der Waals surface area contributed by atoms with Crippen LogP contribution < -0.4 is 0 Å². The molecule has 0 saturated heterocycles. The largest absolute Gasteiger partial charge is 0.459 e. The number of esters is 1. The lowest BCUT2D eigenvalue weighted by molar-refractivity contribution is -0.182. The Balaban J connectivity index is 1.52. The van der Waals surface area contributed by atoms with Crippen molar-refractivity contribution in [3.8, 4) is 0 Å². The van der Waals surface area contributed by atoms with Gasteiger partial charge in [-0.2, -0.15) is 0 Å². The normalized spacial score (nSPS) is 33.8. The van der Waals surface area contributed by atoms with Crippen LogP contribution in [0.1, 0.15) is 77.6 Å². The molecule has 0 amide bonds. The summed E-state index contributed by atoms with van der Waals surface area (Å²) in [6, 6.07) is 0. The van der Waals surface area contributed by atoms with Crippen molar-refractivity contribution < 1.29 is 14.3 Å². The molecule has 3 nitrogen and oxygen atoms in total. The second-order valence-electron chi connectivity index (χ2n) is 9.04. The van der Waals surface area contributed by atoms with Crippen LogP contribution in [0.3, 0.4) is 0 Å². The van der Waals surface area contributed by atoms with Crippen molar-refractivity contribution in [2.24, 2.45) is 29.6 Å². The van der Waals surface area contributed by atoms with Crippen LogP contribution in [-0.4, -0.2) is 17.4 Å². The molecular weight excluding hydrogens is 312 g/mol. The molecule has 0 aromatic carbocycles. The van der Waals surface area contributed by atoms with Gasteiger partial charge in [0.1, 0.15) is 11.4 Å². The first-order chi connectivity index (χ1) is 12.1. The fraction of sp³-hybridized carbons (Fsp3) is 0.818. The van der Waals surface area contributed by atoms with E-state index in [-0.39, 0.29) is 35.1 Å². The summed E-state index contributed by atoms with van der Waals surface area (Å²) in [6.07, 6.45) is 17.0. The molecule has 0 N–H and O–H groups in total. The molecule has 3 heteroatoms. The molecule has 0 aromatic heterocycles. The zero-order valence-electron chi connectivity index (χ0n) is 15.5. The van der Waals surface area contributed by atoms with E-state index in [1.54, 1.807) is 0 Å². The highest BCUT2D eigenvalue weighted by atomic mass is 16.6. The standard InChI is InChI=1S/C22H32O3/c1-22(16-8-4-2-5-9-16,17-10-6-3-7-11-17)25-21(24)19-14-15-12-13-18(19)20(15)23/h12-13,15-19H,2-11,14H2,1H3. The van der Waals surface area contributed by atoms with Crippen LogP contribution in [-0.2, 0) is 14.3 Å². The Labute approximate surface area is 151 Å². The Morgan fingerprint density at radius 3 is 1.96 bits per heavy atom. The molecule has 4 aliphatic rings. The maximum atomic E-state index is 13.1. The molecule has 4 aliphatic carbocycles. The number of carbonyl (C=O) groups excluding carboxylic acids is 2. The fourth-order valence-electron chi connectivity index (χ4n) is 6.02. The monoisotopic (exact) mass is 344 g/mol. The third-order valence-electron chi connectivity index (χ3n) is 7.64. The van der Waals surface area contributed by atoms with Crippen molar-refractivity contribution in [3.05, 3.63) is 12.2 Å². The predicted octanol–water partition coefficient (Wildman–Crippen LogP) is 4.84. The van der Waals surface area contributed by atoms with Crippen molar-refractivity contribution in [2.45, 2.75) is 83.2 Å². The van der Waals surface area contributed by atoms with Crippen molar-refractivity contribution in [3.63, 3.8) is 0 Å². The summed E-state index contributed by atoms with van der Waals surface area (Å²) in [4.78, 5) is 25.3. The van der Waals surface area contributed by atoms with E-state index < -0.39 is 0 Å². The smallest absolute Gasteiger partial charge is 0.310 e. The summed E-state index contributed by atoms with van der Waals surface area (Å²) in [7, 11) is 0. The topological polar surface area (TPSA) is 43.4 Å². The summed E-state index contributed by atoms with van der Waals surface area (Å²) in [5, 5.41) is 0. The van der Waals surface area contributed by atoms with Gasteiger partial charge in [0.05, 0.1) is 5.92 Å². The van der Waals surface area contributed by atoms with Crippen molar-refractivity contribution in [1.29, 1.82) is 0 Å². The highest BCUT2D eigenvalue weighted by molar-refractivity contribution is 5.96. The molecule has 2 bridgehead atoms. The molecule has 25 heavy (non-hydrogen) atoms. The maximum absolute atomic E-state index is 13.1. The lowest BCUT2D eigenvalue weighted by Crippen LogP contribution is -2.49. The van der Waals surface area contributed by atoms with E-state index >= 15 is 0 Å². The first kappa shape index (κ1) is 17.3. The van der Waals surface area contributed by atoms with Crippen LogP contribution in [0.5, 0.6) is 0 Å². The first-order valence-electron chi connectivity index (χ1n) is 10.5. The minimum atomic E-state index is -0.327. The number of ketones is 1. The van der Waals surface area contributed by atoms with Gasteiger partial charge in [-0.25, -0.2) is 0 Å². The van der Waals surface area contributed by atoms with Gasteiger partial charge >= 0.3 is 5.97 Å². The molecule has 0 aliphatic heterocycles. The van der Waals surface area contributed by atoms with Gasteiger partial charge in [-0.15, -0.1) is 0 Å². The van der Waals surface area contributed by atoms with Gasteiger partial charge in [-0.1, -0.05) is 50.7 Å². The molecule has 3 unspecified atom stereocenters. The molecule has 0 heterocycles. The lowest BCUT2D eigenvalue weighted by Gasteiger charge is -2.46. The third kappa shape index (κ3) is 3.08. The molecule has 3 fully saturated rings. The van der Waals surface area contributed by atoms with Crippen LogP contribution in [0.25, 0.3) is 0 Å². The number of allylic oxidation sites excluding steroid dienone is 2. The summed E-state index contributed by atoms with van der Waals surface area (Å²) in [5.41, 5.74) is -0.327. The fourth-order valence-corrected chi connectivity index (χ4v) is 6.02. The zero-order valence-corrected chi connectivity index (χ0v) is 15.5. The number of ether oxygens (including phenoxy) is 1. The van der Waals surface area contributed by atoms with E-state index in [1.165, 1.54) is 64.2 Å². The molecular formula is C22H32O3. The zero-order chi connectivity index (χ0) is 17.4. The Kier molecular flexibility index (Phi) is 4.77. The molecule has 3 atom stereocenters. The quantitative estimate of drug-likeness (QED) is 0.541. The van der Waals surface area contributed by atoms with Gasteiger partial charge in [0.25, 0.3) is 0 Å². The van der Waals surface area contributed by atoms with Crippen LogP contribution in [0.15, 0.2) is 12.2 Å². The minimum absolute atomic E-state index is 0.0295. The SMILES string of the molecule is CC(OC(=O)C1CC2C=CC1C2=O)(C1CCCCC1)C1CCCCC1. The first-order valence-corrected chi connectivity index (χ1v) is 10.5. The third-order valence-corrected chi connectivity index (χ3v) is 7.64. The van der Waals surface area contributed by atoms with E-state index in [4.69, 9.17) is 4.74 Å². The van der Waals surface area contributed by atoms with Crippen molar-refractivity contribution in [1.82, 2.24) is 0 Å². The Morgan fingerprint density at radius 1 is 0.960 bits per heavy atom. The number of Topliss-reactive ketones (excluding diaryl/α,β-unsaturated/α-hetero) is 1. The van der Waals surface area contributed by atoms with Crippen LogP contribution in [0.4, 0.5) is 0 Å². The highest BCUT2D eigenvalue weighted by Gasteiger charge is 2.51. The molecule has 0 aromatic rings. The van der Waals surface area contributed by atoms with Gasteiger partial charge < -0.3 is 4.74 Å². The van der Waals surface area contributed by atoms with E-state index in [0.717, 1.165) is 0 Å². The molecule has 0 spiro atoms. The van der Waals surface area contributed by atoms with Crippen LogP contribution >= 0.6 is 0 Å².